The van der Waals surface area contributed by atoms with Crippen LogP contribution in [-0.4, -0.2) is 17.3 Å². The summed E-state index contributed by atoms with van der Waals surface area (Å²) in [7, 11) is 0. The number of nitrogens with zero attached hydrogens (tertiary/aromatic N) is 1. The molecule has 0 fully saturated rings. The highest BCUT2D eigenvalue weighted by atomic mass is 35.5. The van der Waals surface area contributed by atoms with Crippen LogP contribution in [0.5, 0.6) is 0 Å². The quantitative estimate of drug-likeness (QED) is 0.775. The van der Waals surface area contributed by atoms with Gasteiger partial charge >= 0.3 is 0 Å². The van der Waals surface area contributed by atoms with E-state index in [0.29, 0.717) is 26.9 Å². The van der Waals surface area contributed by atoms with E-state index >= 15 is 0 Å². The Labute approximate surface area is 131 Å². The summed E-state index contributed by atoms with van der Waals surface area (Å²) in [5.41, 5.74) is 1.46. The Morgan fingerprint density at radius 1 is 0.952 bits per heavy atom. The second-order valence-electron chi connectivity index (χ2n) is 4.63. The van der Waals surface area contributed by atoms with Crippen LogP contribution < -0.4 is 0 Å². The summed E-state index contributed by atoms with van der Waals surface area (Å²) in [6.45, 7) is 0. The van der Waals surface area contributed by atoms with Crippen molar-refractivity contribution in [2.75, 3.05) is 0 Å². The molecule has 1 aliphatic rings. The fourth-order valence-electron chi connectivity index (χ4n) is 2.21. The molecule has 0 N–H and O–H groups in total. The number of hydrogen-bond donors (Lipinski definition) is 0. The van der Waals surface area contributed by atoms with E-state index in [1.54, 1.807) is 42.5 Å². The van der Waals surface area contributed by atoms with Gasteiger partial charge in [-0.05, 0) is 18.2 Å². The summed E-state index contributed by atoms with van der Waals surface area (Å²) in [6, 6.07) is 11.6. The average Bonchev–Trinajstić information content (AvgIpc) is 2.47. The molecule has 3 nitrogen and oxygen atoms in total. The third-order valence-electron chi connectivity index (χ3n) is 3.23. The minimum Gasteiger partial charge on any atom is -0.294 e. The minimum atomic E-state index is -0.240. The van der Waals surface area contributed by atoms with Crippen molar-refractivity contribution in [3.05, 3.63) is 63.6 Å². The van der Waals surface area contributed by atoms with E-state index in [1.807, 2.05) is 0 Å². The molecule has 0 atom stereocenters. The van der Waals surface area contributed by atoms with Crippen LogP contribution in [0.15, 0.2) is 47.5 Å². The second kappa shape index (κ2) is 5.43. The molecule has 0 heterocycles. The SMILES string of the molecule is O=C1CC(=Nc2ccc(Cl)cc2Cl)C(=O)c2ccccc21. The van der Waals surface area contributed by atoms with Gasteiger partial charge in [-0.3, -0.25) is 9.59 Å². The van der Waals surface area contributed by atoms with Gasteiger partial charge in [-0.1, -0.05) is 47.5 Å². The van der Waals surface area contributed by atoms with Crippen molar-refractivity contribution in [1.82, 2.24) is 0 Å². The zero-order valence-corrected chi connectivity index (χ0v) is 12.3. The number of fused-ring (bicyclic) bond motifs is 1. The van der Waals surface area contributed by atoms with Crippen molar-refractivity contribution in [2.45, 2.75) is 6.42 Å². The Hall–Kier alpha value is -1.97. The van der Waals surface area contributed by atoms with Crippen LogP contribution in [-0.2, 0) is 0 Å². The first-order chi connectivity index (χ1) is 10.1. The van der Waals surface area contributed by atoms with Crippen LogP contribution in [0.1, 0.15) is 27.1 Å². The number of carbonyl (C=O) groups is 2. The second-order valence-corrected chi connectivity index (χ2v) is 5.47. The lowest BCUT2D eigenvalue weighted by molar-refractivity contribution is 0.0965. The molecule has 0 aromatic heterocycles. The van der Waals surface area contributed by atoms with Gasteiger partial charge in [0.2, 0.25) is 5.78 Å². The minimum absolute atomic E-state index is 0.0190. The van der Waals surface area contributed by atoms with E-state index in [1.165, 1.54) is 0 Å². The van der Waals surface area contributed by atoms with Crippen molar-refractivity contribution < 1.29 is 9.59 Å². The molecule has 0 radical (unpaired) electrons. The first-order valence-corrected chi connectivity index (χ1v) is 7.01. The fraction of sp³-hybridized carbons (Fsp3) is 0.0625. The van der Waals surface area contributed by atoms with Crippen molar-refractivity contribution in [1.29, 1.82) is 0 Å². The van der Waals surface area contributed by atoms with Gasteiger partial charge in [0.1, 0.15) is 0 Å². The number of ketones is 2. The zero-order valence-electron chi connectivity index (χ0n) is 10.8. The van der Waals surface area contributed by atoms with Gasteiger partial charge in [0.25, 0.3) is 0 Å². The molecule has 2 aromatic rings. The van der Waals surface area contributed by atoms with E-state index in [2.05, 4.69) is 4.99 Å². The summed E-state index contributed by atoms with van der Waals surface area (Å²) in [6.07, 6.45) is -0.0190. The molecule has 21 heavy (non-hydrogen) atoms. The first-order valence-electron chi connectivity index (χ1n) is 6.26. The number of benzene rings is 2. The smallest absolute Gasteiger partial charge is 0.208 e. The largest absolute Gasteiger partial charge is 0.294 e. The molecule has 3 rings (SSSR count). The predicted molar refractivity (Wildman–Crippen MR) is 83.3 cm³/mol. The topological polar surface area (TPSA) is 46.5 Å². The molecule has 0 saturated heterocycles. The Balaban J connectivity index is 2.07. The highest BCUT2D eigenvalue weighted by molar-refractivity contribution is 6.53. The highest BCUT2D eigenvalue weighted by Crippen LogP contribution is 2.29. The van der Waals surface area contributed by atoms with Crippen molar-refractivity contribution in [3.8, 4) is 0 Å². The standard InChI is InChI=1S/C16H9Cl2NO2/c17-9-5-6-13(12(18)7-9)19-14-8-15(20)10-3-1-2-4-11(10)16(14)21/h1-7H,8H2. The third kappa shape index (κ3) is 2.62. The normalized spacial score (nSPS) is 16.2. The molecular weight excluding hydrogens is 309 g/mol. The molecule has 0 unspecified atom stereocenters. The predicted octanol–water partition coefficient (Wildman–Crippen LogP) is 4.54. The van der Waals surface area contributed by atoms with Gasteiger partial charge in [-0.2, -0.15) is 0 Å². The van der Waals surface area contributed by atoms with Crippen molar-refractivity contribution in [2.24, 2.45) is 4.99 Å². The molecule has 1 aliphatic carbocycles. The molecule has 0 spiro atoms. The van der Waals surface area contributed by atoms with Gasteiger partial charge in [0, 0.05) is 16.1 Å². The number of aliphatic imine (C=N–C) groups is 1. The third-order valence-corrected chi connectivity index (χ3v) is 3.77. The zero-order chi connectivity index (χ0) is 15.0. The summed E-state index contributed by atoms with van der Waals surface area (Å²) >= 11 is 11.9. The monoisotopic (exact) mass is 317 g/mol. The number of rotatable bonds is 1. The maximum absolute atomic E-state index is 12.4. The number of Topliss-reactive ketones (excluding diaryl/α,β-unsaturated/α-hetero) is 2. The van der Waals surface area contributed by atoms with Gasteiger partial charge in [0.15, 0.2) is 5.78 Å². The summed E-state index contributed by atoms with van der Waals surface area (Å²) in [5, 5.41) is 0.828. The summed E-state index contributed by atoms with van der Waals surface area (Å²) in [4.78, 5) is 28.7. The first kappa shape index (κ1) is 14.0. The molecule has 104 valence electrons. The van der Waals surface area contributed by atoms with Crippen LogP contribution in [0.3, 0.4) is 0 Å². The van der Waals surface area contributed by atoms with Gasteiger partial charge in [-0.15, -0.1) is 0 Å². The van der Waals surface area contributed by atoms with Gasteiger partial charge < -0.3 is 0 Å². The lowest BCUT2D eigenvalue weighted by Crippen LogP contribution is -2.26. The fourth-order valence-corrected chi connectivity index (χ4v) is 2.67. The molecule has 0 aliphatic heterocycles. The van der Waals surface area contributed by atoms with Crippen molar-refractivity contribution in [3.63, 3.8) is 0 Å². The maximum Gasteiger partial charge on any atom is 0.208 e. The molecule has 5 heteroatoms. The van der Waals surface area contributed by atoms with Crippen LogP contribution in [0.25, 0.3) is 0 Å². The Morgan fingerprint density at radius 2 is 1.67 bits per heavy atom. The maximum atomic E-state index is 12.4. The molecular formula is C16H9Cl2NO2. The van der Waals surface area contributed by atoms with E-state index in [9.17, 15) is 9.59 Å². The highest BCUT2D eigenvalue weighted by Gasteiger charge is 2.28. The molecule has 2 aromatic carbocycles. The molecule has 0 saturated carbocycles. The number of halogens is 2. The van der Waals surface area contributed by atoms with Gasteiger partial charge in [-0.25, -0.2) is 4.99 Å². The van der Waals surface area contributed by atoms with Gasteiger partial charge in [0.05, 0.1) is 22.8 Å². The molecule has 0 amide bonds. The lowest BCUT2D eigenvalue weighted by Gasteiger charge is -2.15. The van der Waals surface area contributed by atoms with E-state index in [-0.39, 0.29) is 23.7 Å². The van der Waals surface area contributed by atoms with E-state index < -0.39 is 0 Å². The van der Waals surface area contributed by atoms with Crippen LogP contribution >= 0.6 is 23.2 Å². The number of carbonyl (C=O) groups excluding carboxylic acids is 2. The van der Waals surface area contributed by atoms with E-state index in [0.717, 1.165) is 0 Å². The summed E-state index contributed by atoms with van der Waals surface area (Å²) < 4.78 is 0. The Bertz CT molecular complexity index is 797. The van der Waals surface area contributed by atoms with Crippen molar-refractivity contribution >= 4 is 46.2 Å². The van der Waals surface area contributed by atoms with E-state index in [4.69, 9.17) is 23.2 Å². The Morgan fingerprint density at radius 3 is 2.38 bits per heavy atom. The average molecular weight is 318 g/mol. The van der Waals surface area contributed by atoms with Crippen LogP contribution in [0.4, 0.5) is 5.69 Å². The Kier molecular flexibility index (Phi) is 3.62. The molecule has 0 bridgehead atoms. The summed E-state index contributed by atoms with van der Waals surface area (Å²) in [5.74, 6) is -0.356. The van der Waals surface area contributed by atoms with Crippen LogP contribution in [0.2, 0.25) is 10.0 Å². The number of hydrogen-bond acceptors (Lipinski definition) is 3. The lowest BCUT2D eigenvalue weighted by atomic mass is 9.88. The van der Waals surface area contributed by atoms with Crippen LogP contribution in [0, 0.1) is 0 Å².